The average molecular weight is 304 g/mol. The third-order valence-corrected chi connectivity index (χ3v) is 4.12. The number of aryl methyl sites for hydroxylation is 1. The highest BCUT2D eigenvalue weighted by Crippen LogP contribution is 2.33. The molecule has 2 atom stereocenters. The first-order valence-electron chi connectivity index (χ1n) is 7.71. The van der Waals surface area contributed by atoms with Gasteiger partial charge in [0.15, 0.2) is 0 Å². The van der Waals surface area contributed by atoms with Crippen molar-refractivity contribution in [2.24, 2.45) is 5.92 Å². The van der Waals surface area contributed by atoms with E-state index < -0.39 is 0 Å². The molecule has 1 aromatic carbocycles. The topological polar surface area (TPSA) is 58.6 Å². The number of amides is 2. The minimum Gasteiger partial charge on any atom is -0.495 e. The number of anilines is 1. The number of nitrogens with one attached hydrogen (secondary N) is 1. The molecule has 22 heavy (non-hydrogen) atoms. The molecule has 1 N–H and O–H groups in total. The van der Waals surface area contributed by atoms with E-state index in [0.29, 0.717) is 12.3 Å². The lowest BCUT2D eigenvalue weighted by Crippen LogP contribution is -2.38. The highest BCUT2D eigenvalue weighted by atomic mass is 16.5. The van der Waals surface area contributed by atoms with Crippen LogP contribution in [0, 0.1) is 12.8 Å². The molecule has 0 spiro atoms. The third kappa shape index (κ3) is 3.40. The fourth-order valence-electron chi connectivity index (χ4n) is 2.59. The first kappa shape index (κ1) is 16.3. The summed E-state index contributed by atoms with van der Waals surface area (Å²) in [5.74, 6) is 0.277. The van der Waals surface area contributed by atoms with Crippen LogP contribution in [0.4, 0.5) is 5.69 Å². The highest BCUT2D eigenvalue weighted by Gasteiger charge is 2.36. The lowest BCUT2D eigenvalue weighted by atomic mass is 10.1. The third-order valence-electron chi connectivity index (χ3n) is 4.12. The molecule has 1 aliphatic heterocycles. The Morgan fingerprint density at radius 1 is 1.50 bits per heavy atom. The van der Waals surface area contributed by atoms with E-state index in [0.717, 1.165) is 17.7 Å². The number of nitrogens with zero attached hydrogens (tertiary/aromatic N) is 1. The normalized spacial score (nSPS) is 19.2. The molecule has 0 aromatic heterocycles. The van der Waals surface area contributed by atoms with Gasteiger partial charge in [-0.05, 0) is 38.0 Å². The van der Waals surface area contributed by atoms with Crippen LogP contribution in [0.2, 0.25) is 0 Å². The van der Waals surface area contributed by atoms with E-state index in [1.807, 2.05) is 39.0 Å². The fourth-order valence-corrected chi connectivity index (χ4v) is 2.59. The maximum Gasteiger partial charge on any atom is 0.227 e. The molecule has 0 radical (unpaired) electrons. The number of hydrogen-bond donors (Lipinski definition) is 1. The van der Waals surface area contributed by atoms with Crippen molar-refractivity contribution in [1.29, 1.82) is 0 Å². The second-order valence-corrected chi connectivity index (χ2v) is 5.90. The molecule has 0 aliphatic carbocycles. The molecule has 0 bridgehead atoms. The Morgan fingerprint density at radius 2 is 2.23 bits per heavy atom. The van der Waals surface area contributed by atoms with Crippen molar-refractivity contribution < 1.29 is 14.3 Å². The van der Waals surface area contributed by atoms with E-state index in [1.165, 1.54) is 0 Å². The van der Waals surface area contributed by atoms with Crippen LogP contribution in [0.3, 0.4) is 0 Å². The predicted molar refractivity (Wildman–Crippen MR) is 86.1 cm³/mol. The van der Waals surface area contributed by atoms with E-state index in [9.17, 15) is 9.59 Å². The zero-order valence-corrected chi connectivity index (χ0v) is 13.7. The molecule has 1 saturated heterocycles. The number of carbonyl (C=O) groups excluding carboxylic acids is 2. The monoisotopic (exact) mass is 304 g/mol. The van der Waals surface area contributed by atoms with Crippen molar-refractivity contribution in [3.8, 4) is 5.75 Å². The molecule has 1 aromatic rings. The van der Waals surface area contributed by atoms with Gasteiger partial charge in [-0.2, -0.15) is 0 Å². The van der Waals surface area contributed by atoms with Crippen molar-refractivity contribution in [2.45, 2.75) is 39.7 Å². The largest absolute Gasteiger partial charge is 0.495 e. The molecule has 1 aliphatic rings. The van der Waals surface area contributed by atoms with Gasteiger partial charge < -0.3 is 15.0 Å². The van der Waals surface area contributed by atoms with Crippen LogP contribution in [0.25, 0.3) is 0 Å². The van der Waals surface area contributed by atoms with Gasteiger partial charge in [0, 0.05) is 19.0 Å². The number of benzene rings is 1. The SMILES string of the molecule is CC[C@H](C)NC(=O)[C@H]1CC(=O)N(c2cc(C)ccc2OC)C1. The van der Waals surface area contributed by atoms with Gasteiger partial charge in [-0.15, -0.1) is 0 Å². The van der Waals surface area contributed by atoms with Crippen LogP contribution in [0.5, 0.6) is 5.75 Å². The van der Waals surface area contributed by atoms with Crippen LogP contribution >= 0.6 is 0 Å². The first-order chi connectivity index (χ1) is 10.5. The van der Waals surface area contributed by atoms with Crippen LogP contribution in [-0.2, 0) is 9.59 Å². The lowest BCUT2D eigenvalue weighted by Gasteiger charge is -2.20. The van der Waals surface area contributed by atoms with E-state index in [4.69, 9.17) is 4.74 Å². The van der Waals surface area contributed by atoms with Crippen molar-refractivity contribution >= 4 is 17.5 Å². The van der Waals surface area contributed by atoms with Gasteiger partial charge >= 0.3 is 0 Å². The Kier molecular flexibility index (Phi) is 5.06. The molecule has 5 heteroatoms. The molecule has 2 amide bonds. The van der Waals surface area contributed by atoms with Gasteiger partial charge in [-0.3, -0.25) is 9.59 Å². The molecule has 1 heterocycles. The van der Waals surface area contributed by atoms with Crippen LogP contribution in [0.1, 0.15) is 32.3 Å². The average Bonchev–Trinajstić information content (AvgIpc) is 2.89. The molecule has 0 unspecified atom stereocenters. The van der Waals surface area contributed by atoms with Gasteiger partial charge in [-0.1, -0.05) is 13.0 Å². The molecule has 2 rings (SSSR count). The Bertz CT molecular complexity index is 571. The quantitative estimate of drug-likeness (QED) is 0.908. The van der Waals surface area contributed by atoms with E-state index in [-0.39, 0.29) is 30.2 Å². The second kappa shape index (κ2) is 6.81. The second-order valence-electron chi connectivity index (χ2n) is 5.90. The predicted octanol–water partition coefficient (Wildman–Crippen LogP) is 2.27. The summed E-state index contributed by atoms with van der Waals surface area (Å²) in [5, 5.41) is 2.95. The van der Waals surface area contributed by atoms with Gasteiger partial charge in [-0.25, -0.2) is 0 Å². The maximum absolute atomic E-state index is 12.3. The summed E-state index contributed by atoms with van der Waals surface area (Å²) >= 11 is 0. The first-order valence-corrected chi connectivity index (χ1v) is 7.71. The summed E-state index contributed by atoms with van der Waals surface area (Å²) in [6.45, 7) is 6.36. The molecular formula is C17H24N2O3. The summed E-state index contributed by atoms with van der Waals surface area (Å²) in [4.78, 5) is 26.2. The zero-order valence-electron chi connectivity index (χ0n) is 13.7. The summed E-state index contributed by atoms with van der Waals surface area (Å²) in [6, 6.07) is 5.84. The van der Waals surface area contributed by atoms with Gasteiger partial charge in [0.2, 0.25) is 11.8 Å². The fraction of sp³-hybridized carbons (Fsp3) is 0.529. The highest BCUT2D eigenvalue weighted by molar-refractivity contribution is 6.01. The van der Waals surface area contributed by atoms with Crippen LogP contribution < -0.4 is 15.0 Å². The Hall–Kier alpha value is -2.04. The summed E-state index contributed by atoms with van der Waals surface area (Å²) in [6.07, 6.45) is 1.13. The molecule has 1 fully saturated rings. The van der Waals surface area contributed by atoms with Crippen LogP contribution in [0.15, 0.2) is 18.2 Å². The minimum atomic E-state index is -0.299. The number of hydrogen-bond acceptors (Lipinski definition) is 3. The smallest absolute Gasteiger partial charge is 0.227 e. The zero-order chi connectivity index (χ0) is 16.3. The lowest BCUT2D eigenvalue weighted by molar-refractivity contribution is -0.126. The Morgan fingerprint density at radius 3 is 2.86 bits per heavy atom. The van der Waals surface area contributed by atoms with E-state index >= 15 is 0 Å². The molecule has 120 valence electrons. The molecule has 0 saturated carbocycles. The standard InChI is InChI=1S/C17H24N2O3/c1-5-12(3)18-17(21)13-9-16(20)19(10-13)14-8-11(2)6-7-15(14)22-4/h6-8,12-13H,5,9-10H2,1-4H3,(H,18,21)/t12-,13-/m0/s1. The summed E-state index contributed by atoms with van der Waals surface area (Å²) < 4.78 is 5.34. The number of rotatable bonds is 5. The van der Waals surface area contributed by atoms with E-state index in [1.54, 1.807) is 12.0 Å². The van der Waals surface area contributed by atoms with Crippen LogP contribution in [-0.4, -0.2) is 31.5 Å². The number of methoxy groups -OCH3 is 1. The Labute approximate surface area is 131 Å². The summed E-state index contributed by atoms with van der Waals surface area (Å²) in [5.41, 5.74) is 1.79. The van der Waals surface area contributed by atoms with Crippen molar-refractivity contribution in [1.82, 2.24) is 5.32 Å². The van der Waals surface area contributed by atoms with Crippen molar-refractivity contribution in [2.75, 3.05) is 18.6 Å². The van der Waals surface area contributed by atoms with Crippen molar-refractivity contribution in [3.63, 3.8) is 0 Å². The minimum absolute atomic E-state index is 0.0341. The van der Waals surface area contributed by atoms with Crippen molar-refractivity contribution in [3.05, 3.63) is 23.8 Å². The number of ether oxygens (including phenoxy) is 1. The van der Waals surface area contributed by atoms with Gasteiger partial charge in [0.1, 0.15) is 5.75 Å². The summed E-state index contributed by atoms with van der Waals surface area (Å²) in [7, 11) is 1.59. The van der Waals surface area contributed by atoms with Gasteiger partial charge in [0.25, 0.3) is 0 Å². The maximum atomic E-state index is 12.3. The van der Waals surface area contributed by atoms with E-state index in [2.05, 4.69) is 5.32 Å². The molecular weight excluding hydrogens is 280 g/mol. The molecule has 5 nitrogen and oxygen atoms in total. The number of carbonyl (C=O) groups is 2. The Balaban J connectivity index is 2.16. The van der Waals surface area contributed by atoms with Gasteiger partial charge in [0.05, 0.1) is 18.7 Å².